The second kappa shape index (κ2) is 11.9. The molecule has 184 valence electrons. The Labute approximate surface area is 221 Å². The molecule has 0 atom stereocenters. The lowest BCUT2D eigenvalue weighted by atomic mass is 10.1. The van der Waals surface area contributed by atoms with Crippen molar-refractivity contribution in [3.05, 3.63) is 93.3 Å². The number of carbonyl (C=O) groups excluding carboxylic acids is 3. The highest BCUT2D eigenvalue weighted by Gasteiger charge is 2.36. The molecule has 0 aromatic heterocycles. The number of hydrogen-bond donors (Lipinski definition) is 1. The fourth-order valence-electron chi connectivity index (χ4n) is 3.40. The first kappa shape index (κ1) is 25.5. The number of amides is 3. The summed E-state index contributed by atoms with van der Waals surface area (Å²) in [6.45, 7) is 2.34. The highest BCUT2D eigenvalue weighted by molar-refractivity contribution is 9.10. The molecule has 1 aliphatic rings. The maximum absolute atomic E-state index is 12.9. The van der Waals surface area contributed by atoms with Crippen LogP contribution >= 0.6 is 27.7 Å². The number of nitrogens with one attached hydrogen (secondary N) is 1. The van der Waals surface area contributed by atoms with Gasteiger partial charge in [-0.1, -0.05) is 52.3 Å². The molecular formula is C27H23BrN2O5S. The largest absolute Gasteiger partial charge is 0.490 e. The number of rotatable bonds is 9. The predicted octanol–water partition coefficient (Wildman–Crippen LogP) is 6.10. The molecule has 0 unspecified atom stereocenters. The van der Waals surface area contributed by atoms with Crippen LogP contribution in [0.4, 0.5) is 10.5 Å². The van der Waals surface area contributed by atoms with Gasteiger partial charge in [0.25, 0.3) is 11.1 Å². The highest BCUT2D eigenvalue weighted by atomic mass is 79.9. The maximum atomic E-state index is 12.9. The molecule has 0 radical (unpaired) electrons. The number of anilines is 1. The van der Waals surface area contributed by atoms with E-state index in [1.807, 2.05) is 37.3 Å². The summed E-state index contributed by atoms with van der Waals surface area (Å²) < 4.78 is 12.5. The van der Waals surface area contributed by atoms with Gasteiger partial charge in [0.2, 0.25) is 5.91 Å². The Hall–Kier alpha value is -3.56. The third kappa shape index (κ3) is 6.56. The number of ether oxygens (including phenoxy) is 2. The quantitative estimate of drug-likeness (QED) is 0.315. The molecule has 1 fully saturated rings. The van der Waals surface area contributed by atoms with Gasteiger partial charge in [-0.3, -0.25) is 19.3 Å². The minimum Gasteiger partial charge on any atom is -0.490 e. The molecule has 3 amide bonds. The summed E-state index contributed by atoms with van der Waals surface area (Å²) in [6.07, 6.45) is 1.61. The average molecular weight is 567 g/mol. The van der Waals surface area contributed by atoms with E-state index >= 15 is 0 Å². The molecule has 0 aliphatic carbocycles. The number of halogens is 1. The number of carbonyl (C=O) groups is 3. The Kier molecular flexibility index (Phi) is 8.45. The fraction of sp³-hybridized carbons (Fsp3) is 0.148. The van der Waals surface area contributed by atoms with Gasteiger partial charge in [0.15, 0.2) is 11.5 Å². The summed E-state index contributed by atoms with van der Waals surface area (Å²) in [5, 5.41) is 2.19. The number of thioether (sulfide) groups is 1. The van der Waals surface area contributed by atoms with Crippen molar-refractivity contribution < 1.29 is 23.9 Å². The molecule has 1 N–H and O–H groups in total. The van der Waals surface area contributed by atoms with Crippen LogP contribution in [0.2, 0.25) is 0 Å². The van der Waals surface area contributed by atoms with Crippen LogP contribution in [0.1, 0.15) is 18.1 Å². The summed E-state index contributed by atoms with van der Waals surface area (Å²) in [6, 6.07) is 22.1. The van der Waals surface area contributed by atoms with Gasteiger partial charge in [0.1, 0.15) is 13.2 Å². The first-order valence-electron chi connectivity index (χ1n) is 11.2. The molecule has 3 aromatic carbocycles. The third-order valence-electron chi connectivity index (χ3n) is 5.11. The zero-order valence-electron chi connectivity index (χ0n) is 19.4. The molecule has 1 aliphatic heterocycles. The van der Waals surface area contributed by atoms with Crippen LogP contribution in [0, 0.1) is 0 Å². The number of imide groups is 1. The predicted molar refractivity (Wildman–Crippen MR) is 144 cm³/mol. The third-order valence-corrected chi connectivity index (χ3v) is 6.54. The van der Waals surface area contributed by atoms with Crippen molar-refractivity contribution in [2.45, 2.75) is 13.5 Å². The fourth-order valence-corrected chi connectivity index (χ4v) is 4.50. The van der Waals surface area contributed by atoms with Gasteiger partial charge in [-0.2, -0.15) is 0 Å². The van der Waals surface area contributed by atoms with E-state index in [9.17, 15) is 14.4 Å². The SMILES string of the molecule is CCOc1cc(/C=C2/SC(=O)N(CC(=O)Nc3ccc(Br)cc3)C2=O)ccc1OCc1ccccc1. The van der Waals surface area contributed by atoms with Gasteiger partial charge in [-0.25, -0.2) is 0 Å². The van der Waals surface area contributed by atoms with Crippen molar-refractivity contribution in [1.29, 1.82) is 0 Å². The zero-order valence-corrected chi connectivity index (χ0v) is 21.8. The van der Waals surface area contributed by atoms with Gasteiger partial charge in [-0.15, -0.1) is 0 Å². The van der Waals surface area contributed by atoms with Crippen molar-refractivity contribution in [2.75, 3.05) is 18.5 Å². The van der Waals surface area contributed by atoms with Crippen LogP contribution in [0.25, 0.3) is 6.08 Å². The molecule has 3 aromatic rings. The van der Waals surface area contributed by atoms with Gasteiger partial charge in [0, 0.05) is 10.2 Å². The molecule has 0 bridgehead atoms. The summed E-state index contributed by atoms with van der Waals surface area (Å²) in [5.41, 5.74) is 2.28. The molecule has 1 heterocycles. The normalized spacial score (nSPS) is 14.3. The lowest BCUT2D eigenvalue weighted by Gasteiger charge is -2.13. The lowest BCUT2D eigenvalue weighted by molar-refractivity contribution is -0.127. The topological polar surface area (TPSA) is 84.9 Å². The summed E-state index contributed by atoms with van der Waals surface area (Å²) in [5.74, 6) is 0.142. The van der Waals surface area contributed by atoms with Crippen molar-refractivity contribution in [2.24, 2.45) is 0 Å². The molecule has 4 rings (SSSR count). The van der Waals surface area contributed by atoms with Crippen LogP contribution in [-0.4, -0.2) is 35.1 Å². The molecular weight excluding hydrogens is 544 g/mol. The Balaban J connectivity index is 1.44. The number of benzene rings is 3. The van der Waals surface area contributed by atoms with E-state index in [2.05, 4.69) is 21.2 Å². The first-order valence-corrected chi connectivity index (χ1v) is 12.8. The Bertz CT molecular complexity index is 1300. The van der Waals surface area contributed by atoms with Crippen molar-refractivity contribution in [3.8, 4) is 11.5 Å². The van der Waals surface area contributed by atoms with Crippen molar-refractivity contribution in [3.63, 3.8) is 0 Å². The molecule has 0 spiro atoms. The first-order chi connectivity index (χ1) is 17.4. The smallest absolute Gasteiger partial charge is 0.294 e. The van der Waals surface area contributed by atoms with E-state index in [4.69, 9.17) is 9.47 Å². The van der Waals surface area contributed by atoms with Crippen LogP contribution in [0.5, 0.6) is 11.5 Å². The Morgan fingerprint density at radius 3 is 2.47 bits per heavy atom. The second-order valence-electron chi connectivity index (χ2n) is 7.74. The van der Waals surface area contributed by atoms with Crippen LogP contribution in [0.3, 0.4) is 0 Å². The second-order valence-corrected chi connectivity index (χ2v) is 9.65. The summed E-state index contributed by atoms with van der Waals surface area (Å²) >= 11 is 4.13. The minimum atomic E-state index is -0.515. The van der Waals surface area contributed by atoms with E-state index in [0.717, 1.165) is 26.7 Å². The van der Waals surface area contributed by atoms with Crippen molar-refractivity contribution >= 4 is 56.5 Å². The van der Waals surface area contributed by atoms with E-state index in [1.165, 1.54) is 0 Å². The molecule has 1 saturated heterocycles. The monoisotopic (exact) mass is 566 g/mol. The standard InChI is InChI=1S/C27H23BrN2O5S/c1-2-34-23-14-19(8-13-22(23)35-17-18-6-4-3-5-7-18)15-24-26(32)30(27(33)36-24)16-25(31)29-21-11-9-20(28)10-12-21/h3-15H,2,16-17H2,1H3,(H,29,31)/b24-15+. The Morgan fingerprint density at radius 1 is 1.00 bits per heavy atom. The van der Waals surface area contributed by atoms with E-state index in [0.29, 0.717) is 36.0 Å². The van der Waals surface area contributed by atoms with E-state index < -0.39 is 17.1 Å². The van der Waals surface area contributed by atoms with Crippen LogP contribution in [0.15, 0.2) is 82.2 Å². The molecule has 9 heteroatoms. The average Bonchev–Trinajstić information content (AvgIpc) is 3.13. The molecule has 7 nitrogen and oxygen atoms in total. The van der Waals surface area contributed by atoms with E-state index in [1.54, 1.807) is 48.5 Å². The molecule has 0 saturated carbocycles. The van der Waals surface area contributed by atoms with E-state index in [-0.39, 0.29) is 11.4 Å². The Morgan fingerprint density at radius 2 is 1.75 bits per heavy atom. The minimum absolute atomic E-state index is 0.233. The maximum Gasteiger partial charge on any atom is 0.294 e. The van der Waals surface area contributed by atoms with Gasteiger partial charge >= 0.3 is 0 Å². The number of nitrogens with zero attached hydrogens (tertiary/aromatic N) is 1. The van der Waals surface area contributed by atoms with Crippen LogP contribution in [-0.2, 0) is 16.2 Å². The van der Waals surface area contributed by atoms with Crippen LogP contribution < -0.4 is 14.8 Å². The van der Waals surface area contributed by atoms with Crippen molar-refractivity contribution in [1.82, 2.24) is 4.90 Å². The van der Waals surface area contributed by atoms with Gasteiger partial charge < -0.3 is 14.8 Å². The highest BCUT2D eigenvalue weighted by Crippen LogP contribution is 2.35. The lowest BCUT2D eigenvalue weighted by Crippen LogP contribution is -2.36. The molecule has 36 heavy (non-hydrogen) atoms. The summed E-state index contributed by atoms with van der Waals surface area (Å²) in [4.78, 5) is 38.9. The van der Waals surface area contributed by atoms with Gasteiger partial charge in [0.05, 0.1) is 11.5 Å². The summed E-state index contributed by atoms with van der Waals surface area (Å²) in [7, 11) is 0. The zero-order chi connectivity index (χ0) is 25.5. The number of hydrogen-bond acceptors (Lipinski definition) is 6. The van der Waals surface area contributed by atoms with Gasteiger partial charge in [-0.05, 0) is 72.3 Å².